The molecule has 1 unspecified atom stereocenters. The molecular weight excluding hydrogens is 334 g/mol. The molecule has 1 saturated heterocycles. The Bertz CT molecular complexity index is 897. The van der Waals surface area contributed by atoms with Gasteiger partial charge in [-0.05, 0) is 18.6 Å². The van der Waals surface area contributed by atoms with Crippen LogP contribution in [0.5, 0.6) is 5.75 Å². The molecule has 1 atom stereocenters. The summed E-state index contributed by atoms with van der Waals surface area (Å²) in [5.74, 6) is 1.10. The Morgan fingerprint density at radius 3 is 3.12 bits per heavy atom. The van der Waals surface area contributed by atoms with E-state index in [0.717, 1.165) is 23.9 Å². The summed E-state index contributed by atoms with van der Waals surface area (Å²) in [6, 6.07) is 9.56. The number of fused-ring (bicyclic) bond motifs is 1. The first-order valence-corrected chi connectivity index (χ1v) is 8.56. The molecule has 134 valence electrons. The number of benzene rings is 1. The van der Waals surface area contributed by atoms with Gasteiger partial charge in [-0.15, -0.1) is 0 Å². The topological polar surface area (TPSA) is 86.5 Å². The van der Waals surface area contributed by atoms with Crippen molar-refractivity contribution < 1.29 is 18.7 Å². The van der Waals surface area contributed by atoms with Gasteiger partial charge >= 0.3 is 0 Å². The van der Waals surface area contributed by atoms with Gasteiger partial charge in [0.2, 0.25) is 5.89 Å². The summed E-state index contributed by atoms with van der Waals surface area (Å²) in [7, 11) is 0. The lowest BCUT2D eigenvalue weighted by molar-refractivity contribution is 0.0940. The molecule has 0 aliphatic carbocycles. The molecular formula is C19H19N3O4. The molecule has 4 rings (SSSR count). The first kappa shape index (κ1) is 16.5. The van der Waals surface area contributed by atoms with E-state index >= 15 is 0 Å². The van der Waals surface area contributed by atoms with Gasteiger partial charge in [0.15, 0.2) is 12.3 Å². The molecule has 7 heteroatoms. The molecule has 1 aromatic carbocycles. The number of aromatic nitrogens is 2. The average molecular weight is 353 g/mol. The van der Waals surface area contributed by atoms with Gasteiger partial charge in [0, 0.05) is 30.7 Å². The van der Waals surface area contributed by atoms with Crippen LogP contribution in [0, 0.1) is 5.92 Å². The highest BCUT2D eigenvalue weighted by molar-refractivity contribution is 5.91. The van der Waals surface area contributed by atoms with Crippen LogP contribution in [0.25, 0.3) is 10.9 Å². The number of rotatable bonds is 6. The monoisotopic (exact) mass is 353 g/mol. The van der Waals surface area contributed by atoms with Crippen LogP contribution in [0.4, 0.5) is 0 Å². The van der Waals surface area contributed by atoms with Crippen molar-refractivity contribution in [2.45, 2.75) is 13.0 Å². The second kappa shape index (κ2) is 7.53. The molecule has 0 saturated carbocycles. The van der Waals surface area contributed by atoms with Crippen LogP contribution in [0.15, 0.2) is 47.2 Å². The lowest BCUT2D eigenvalue weighted by Crippen LogP contribution is -2.29. The van der Waals surface area contributed by atoms with Gasteiger partial charge in [0.25, 0.3) is 5.91 Å². The molecule has 1 N–H and O–H groups in total. The number of oxazole rings is 1. The van der Waals surface area contributed by atoms with Crippen molar-refractivity contribution in [3.05, 3.63) is 54.4 Å². The molecule has 1 aliphatic rings. The summed E-state index contributed by atoms with van der Waals surface area (Å²) in [5.41, 5.74) is 1.02. The zero-order valence-electron chi connectivity index (χ0n) is 14.2. The fraction of sp³-hybridized carbons (Fsp3) is 0.316. The van der Waals surface area contributed by atoms with E-state index in [1.54, 1.807) is 6.20 Å². The molecule has 26 heavy (non-hydrogen) atoms. The smallest absolute Gasteiger partial charge is 0.273 e. The van der Waals surface area contributed by atoms with Crippen LogP contribution in [-0.4, -0.2) is 35.6 Å². The van der Waals surface area contributed by atoms with Crippen molar-refractivity contribution >= 4 is 16.8 Å². The van der Waals surface area contributed by atoms with E-state index in [4.69, 9.17) is 13.9 Å². The maximum Gasteiger partial charge on any atom is 0.273 e. The largest absolute Gasteiger partial charge is 0.482 e. The van der Waals surface area contributed by atoms with Gasteiger partial charge in [-0.3, -0.25) is 9.78 Å². The van der Waals surface area contributed by atoms with Crippen LogP contribution in [0.1, 0.15) is 22.8 Å². The maximum atomic E-state index is 12.1. The molecule has 3 heterocycles. The number of nitrogens with zero attached hydrogens (tertiary/aromatic N) is 2. The van der Waals surface area contributed by atoms with Crippen LogP contribution in [0.3, 0.4) is 0 Å². The zero-order valence-corrected chi connectivity index (χ0v) is 14.2. The number of hydrogen-bond acceptors (Lipinski definition) is 6. The minimum absolute atomic E-state index is 0.124. The summed E-state index contributed by atoms with van der Waals surface area (Å²) in [4.78, 5) is 20.7. The van der Waals surface area contributed by atoms with Gasteiger partial charge in [0.05, 0.1) is 6.61 Å². The number of amides is 1. The van der Waals surface area contributed by atoms with E-state index in [1.165, 1.54) is 6.26 Å². The molecule has 0 radical (unpaired) electrons. The average Bonchev–Trinajstić information content (AvgIpc) is 3.36. The van der Waals surface area contributed by atoms with E-state index in [0.29, 0.717) is 30.7 Å². The minimum atomic E-state index is -0.251. The van der Waals surface area contributed by atoms with Crippen molar-refractivity contribution in [1.29, 1.82) is 0 Å². The Balaban J connectivity index is 1.36. The Labute approximate surface area is 150 Å². The number of hydrogen-bond donors (Lipinski definition) is 1. The molecule has 3 aromatic rings. The second-order valence-electron chi connectivity index (χ2n) is 6.19. The predicted molar refractivity (Wildman–Crippen MR) is 93.8 cm³/mol. The highest BCUT2D eigenvalue weighted by Crippen LogP contribution is 2.23. The quantitative estimate of drug-likeness (QED) is 0.733. The van der Waals surface area contributed by atoms with E-state index in [2.05, 4.69) is 15.3 Å². The fourth-order valence-corrected chi connectivity index (χ4v) is 2.89. The molecule has 7 nitrogen and oxygen atoms in total. The van der Waals surface area contributed by atoms with Crippen LogP contribution in [-0.2, 0) is 11.3 Å². The highest BCUT2D eigenvalue weighted by atomic mass is 16.5. The summed E-state index contributed by atoms with van der Waals surface area (Å²) < 4.78 is 16.4. The number of carbonyl (C=O) groups excluding carboxylic acids is 1. The number of pyridine rings is 1. The number of nitrogens with one attached hydrogen (secondary N) is 1. The van der Waals surface area contributed by atoms with Crippen LogP contribution < -0.4 is 10.1 Å². The number of para-hydroxylation sites is 1. The van der Waals surface area contributed by atoms with Gasteiger partial charge in [0.1, 0.15) is 17.5 Å². The zero-order chi connectivity index (χ0) is 17.8. The van der Waals surface area contributed by atoms with E-state index in [-0.39, 0.29) is 18.2 Å². The summed E-state index contributed by atoms with van der Waals surface area (Å²) in [5, 5.41) is 3.85. The van der Waals surface area contributed by atoms with Crippen molar-refractivity contribution in [1.82, 2.24) is 15.3 Å². The Kier molecular flexibility index (Phi) is 4.79. The summed E-state index contributed by atoms with van der Waals surface area (Å²) in [6.45, 7) is 2.16. The lowest BCUT2D eigenvalue weighted by Gasteiger charge is -2.07. The van der Waals surface area contributed by atoms with Crippen molar-refractivity contribution in [2.75, 3.05) is 19.8 Å². The molecule has 1 amide bonds. The minimum Gasteiger partial charge on any atom is -0.482 e. The summed E-state index contributed by atoms with van der Waals surface area (Å²) >= 11 is 0. The van der Waals surface area contributed by atoms with Crippen molar-refractivity contribution in [3.8, 4) is 5.75 Å². The van der Waals surface area contributed by atoms with Gasteiger partial charge in [-0.1, -0.05) is 18.2 Å². The van der Waals surface area contributed by atoms with Gasteiger partial charge < -0.3 is 19.2 Å². The van der Waals surface area contributed by atoms with Crippen molar-refractivity contribution in [3.63, 3.8) is 0 Å². The molecule has 2 aromatic heterocycles. The Hall–Kier alpha value is -2.93. The second-order valence-corrected chi connectivity index (χ2v) is 6.19. The predicted octanol–water partition coefficient (Wildman–Crippen LogP) is 2.57. The fourth-order valence-electron chi connectivity index (χ4n) is 2.89. The third-order valence-corrected chi connectivity index (χ3v) is 4.31. The van der Waals surface area contributed by atoms with Gasteiger partial charge in [-0.25, -0.2) is 4.98 Å². The number of ether oxygens (including phenoxy) is 2. The summed E-state index contributed by atoms with van der Waals surface area (Å²) in [6.07, 6.45) is 4.04. The van der Waals surface area contributed by atoms with Gasteiger partial charge in [-0.2, -0.15) is 0 Å². The first-order valence-electron chi connectivity index (χ1n) is 8.56. The SMILES string of the molecule is O=C(NCC1CCOC1)c1coc(COc2cccc3cccnc23)n1. The molecule has 1 aliphatic heterocycles. The normalized spacial score (nSPS) is 16.7. The van der Waals surface area contributed by atoms with E-state index in [9.17, 15) is 4.79 Å². The Morgan fingerprint density at radius 2 is 2.23 bits per heavy atom. The lowest BCUT2D eigenvalue weighted by atomic mass is 10.1. The molecule has 1 fully saturated rings. The van der Waals surface area contributed by atoms with Crippen molar-refractivity contribution in [2.24, 2.45) is 5.92 Å². The third kappa shape index (κ3) is 3.67. The maximum absolute atomic E-state index is 12.1. The van der Waals surface area contributed by atoms with E-state index in [1.807, 2.05) is 30.3 Å². The standard InChI is InChI=1S/C19H19N3O4/c23-19(21-9-13-6-8-24-10-13)15-11-26-17(22-15)12-25-16-5-1-3-14-4-2-7-20-18(14)16/h1-5,7,11,13H,6,8-10,12H2,(H,21,23). The van der Waals surface area contributed by atoms with Crippen LogP contribution in [0.2, 0.25) is 0 Å². The van der Waals surface area contributed by atoms with E-state index < -0.39 is 0 Å². The highest BCUT2D eigenvalue weighted by Gasteiger charge is 2.18. The molecule has 0 spiro atoms. The third-order valence-electron chi connectivity index (χ3n) is 4.31. The number of carbonyl (C=O) groups is 1. The Morgan fingerprint density at radius 1 is 1.31 bits per heavy atom. The first-order chi connectivity index (χ1) is 12.8. The molecule has 0 bridgehead atoms. The van der Waals surface area contributed by atoms with Crippen LogP contribution >= 0.6 is 0 Å².